The van der Waals surface area contributed by atoms with Crippen LogP contribution in [0.5, 0.6) is 0 Å². The van der Waals surface area contributed by atoms with Gasteiger partial charge in [0.25, 0.3) is 0 Å². The fourth-order valence-electron chi connectivity index (χ4n) is 1.28. The van der Waals surface area contributed by atoms with E-state index in [9.17, 15) is 0 Å². The topological polar surface area (TPSA) is 30.5 Å². The van der Waals surface area contributed by atoms with Crippen molar-refractivity contribution in [3.63, 3.8) is 0 Å². The minimum Gasteiger partial charge on any atom is -0.382 e. The number of hydrogen-bond donors (Lipinski definition) is 1. The number of benzene rings is 1. The third-order valence-corrected chi connectivity index (χ3v) is 2.23. The number of ether oxygens (including phenoxy) is 2. The van der Waals surface area contributed by atoms with Gasteiger partial charge in [-0.25, -0.2) is 0 Å². The van der Waals surface area contributed by atoms with Gasteiger partial charge in [-0.05, 0) is 24.6 Å². The summed E-state index contributed by atoms with van der Waals surface area (Å²) in [5.41, 5.74) is 2.28. The Hall–Kier alpha value is -1.06. The molecule has 15 heavy (non-hydrogen) atoms. The first kappa shape index (κ1) is 12.0. The van der Waals surface area contributed by atoms with Gasteiger partial charge in [0.2, 0.25) is 0 Å². The summed E-state index contributed by atoms with van der Waals surface area (Å²) in [5.74, 6) is 0. The van der Waals surface area contributed by atoms with Crippen LogP contribution in [0, 0.1) is 0 Å². The molecule has 0 saturated heterocycles. The largest absolute Gasteiger partial charge is 0.382 e. The molecule has 1 N–H and O–H groups in total. The van der Waals surface area contributed by atoms with Crippen LogP contribution < -0.4 is 5.32 Å². The van der Waals surface area contributed by atoms with Crippen LogP contribution in [0.3, 0.4) is 0 Å². The summed E-state index contributed by atoms with van der Waals surface area (Å²) < 4.78 is 10.2. The van der Waals surface area contributed by atoms with E-state index in [0.717, 1.165) is 12.2 Å². The molecule has 0 saturated carbocycles. The Balaban J connectivity index is 2.50. The van der Waals surface area contributed by atoms with E-state index in [0.29, 0.717) is 6.61 Å². The van der Waals surface area contributed by atoms with E-state index in [4.69, 9.17) is 9.47 Å². The minimum absolute atomic E-state index is 0.219. The maximum absolute atomic E-state index is 5.16. The molecular formula is C12H19NO2. The summed E-state index contributed by atoms with van der Waals surface area (Å²) in [6, 6.07) is 8.20. The van der Waals surface area contributed by atoms with Gasteiger partial charge < -0.3 is 14.8 Å². The lowest BCUT2D eigenvalue weighted by atomic mass is 10.2. The number of nitrogens with one attached hydrogen (secondary N) is 1. The van der Waals surface area contributed by atoms with Gasteiger partial charge >= 0.3 is 0 Å². The lowest BCUT2D eigenvalue weighted by Gasteiger charge is -2.12. The molecule has 0 radical (unpaired) electrons. The Morgan fingerprint density at radius 1 is 1.33 bits per heavy atom. The highest BCUT2D eigenvalue weighted by atomic mass is 16.5. The van der Waals surface area contributed by atoms with Gasteiger partial charge in [-0.3, -0.25) is 0 Å². The molecule has 0 fully saturated rings. The first-order valence-electron chi connectivity index (χ1n) is 5.10. The predicted molar refractivity (Wildman–Crippen MR) is 62.1 cm³/mol. The highest BCUT2D eigenvalue weighted by molar-refractivity contribution is 5.45. The zero-order valence-corrected chi connectivity index (χ0v) is 9.62. The molecule has 0 aliphatic heterocycles. The zero-order chi connectivity index (χ0) is 11.1. The molecule has 0 heterocycles. The van der Waals surface area contributed by atoms with E-state index >= 15 is 0 Å². The Labute approximate surface area is 91.4 Å². The van der Waals surface area contributed by atoms with Gasteiger partial charge in [-0.15, -0.1) is 0 Å². The molecule has 1 aromatic carbocycles. The standard InChI is InChI=1S/C12H19NO2/c1-10(15-3)8-13-12-6-4-5-11(7-12)9-14-2/h4-7,10,13H,8-9H2,1-3H3. The number of hydrogen-bond acceptors (Lipinski definition) is 3. The fraction of sp³-hybridized carbons (Fsp3) is 0.500. The van der Waals surface area contributed by atoms with Crippen molar-refractivity contribution in [3.8, 4) is 0 Å². The van der Waals surface area contributed by atoms with Crippen LogP contribution in [0.1, 0.15) is 12.5 Å². The van der Waals surface area contributed by atoms with Crippen molar-refractivity contribution in [1.29, 1.82) is 0 Å². The summed E-state index contributed by atoms with van der Waals surface area (Å²) in [6.07, 6.45) is 0.219. The molecular weight excluding hydrogens is 190 g/mol. The van der Waals surface area contributed by atoms with Crippen LogP contribution >= 0.6 is 0 Å². The summed E-state index contributed by atoms with van der Waals surface area (Å²) in [7, 11) is 3.42. The monoisotopic (exact) mass is 209 g/mol. The first-order chi connectivity index (χ1) is 7.26. The van der Waals surface area contributed by atoms with E-state index in [2.05, 4.69) is 17.4 Å². The van der Waals surface area contributed by atoms with Crippen molar-refractivity contribution in [3.05, 3.63) is 29.8 Å². The van der Waals surface area contributed by atoms with E-state index in [1.807, 2.05) is 19.1 Å². The number of methoxy groups -OCH3 is 2. The number of anilines is 1. The quantitative estimate of drug-likeness (QED) is 0.779. The Kier molecular flexibility index (Phi) is 5.15. The summed E-state index contributed by atoms with van der Waals surface area (Å²) in [4.78, 5) is 0. The van der Waals surface area contributed by atoms with Gasteiger partial charge in [0.15, 0.2) is 0 Å². The van der Waals surface area contributed by atoms with Gasteiger partial charge in [0, 0.05) is 26.5 Å². The van der Waals surface area contributed by atoms with Crippen LogP contribution in [0.2, 0.25) is 0 Å². The van der Waals surface area contributed by atoms with Crippen LogP contribution in [0.15, 0.2) is 24.3 Å². The molecule has 1 rings (SSSR count). The Morgan fingerprint density at radius 3 is 2.80 bits per heavy atom. The molecule has 3 nitrogen and oxygen atoms in total. The lowest BCUT2D eigenvalue weighted by molar-refractivity contribution is 0.129. The minimum atomic E-state index is 0.219. The Bertz CT molecular complexity index is 289. The maximum atomic E-state index is 5.16. The van der Waals surface area contributed by atoms with Crippen LogP contribution in [0.25, 0.3) is 0 Å². The summed E-state index contributed by atoms with van der Waals surface area (Å²) in [6.45, 7) is 3.49. The van der Waals surface area contributed by atoms with Crippen molar-refractivity contribution in [2.24, 2.45) is 0 Å². The molecule has 0 aliphatic rings. The van der Waals surface area contributed by atoms with Gasteiger partial charge in [0.1, 0.15) is 0 Å². The summed E-state index contributed by atoms with van der Waals surface area (Å²) >= 11 is 0. The third-order valence-electron chi connectivity index (χ3n) is 2.23. The average Bonchev–Trinajstić information content (AvgIpc) is 2.27. The molecule has 84 valence electrons. The van der Waals surface area contributed by atoms with Gasteiger partial charge in [-0.1, -0.05) is 12.1 Å². The molecule has 3 heteroatoms. The number of rotatable bonds is 6. The van der Waals surface area contributed by atoms with Gasteiger partial charge in [-0.2, -0.15) is 0 Å². The van der Waals surface area contributed by atoms with Crippen LogP contribution in [-0.4, -0.2) is 26.9 Å². The van der Waals surface area contributed by atoms with Crippen molar-refractivity contribution in [1.82, 2.24) is 0 Å². The second kappa shape index (κ2) is 6.43. The van der Waals surface area contributed by atoms with Crippen molar-refractivity contribution >= 4 is 5.69 Å². The second-order valence-corrected chi connectivity index (χ2v) is 3.56. The molecule has 0 bridgehead atoms. The van der Waals surface area contributed by atoms with Crippen LogP contribution in [-0.2, 0) is 16.1 Å². The fourth-order valence-corrected chi connectivity index (χ4v) is 1.28. The third kappa shape index (κ3) is 4.32. The molecule has 1 unspecified atom stereocenters. The second-order valence-electron chi connectivity index (χ2n) is 3.56. The van der Waals surface area contributed by atoms with Crippen LogP contribution in [0.4, 0.5) is 5.69 Å². The van der Waals surface area contributed by atoms with E-state index < -0.39 is 0 Å². The molecule has 1 atom stereocenters. The van der Waals surface area contributed by atoms with E-state index in [-0.39, 0.29) is 6.10 Å². The lowest BCUT2D eigenvalue weighted by Crippen LogP contribution is -2.18. The van der Waals surface area contributed by atoms with Gasteiger partial charge in [0.05, 0.1) is 12.7 Å². The molecule has 0 aliphatic carbocycles. The predicted octanol–water partition coefficient (Wildman–Crippen LogP) is 2.28. The zero-order valence-electron chi connectivity index (χ0n) is 9.62. The molecule has 0 amide bonds. The average molecular weight is 209 g/mol. The normalized spacial score (nSPS) is 12.5. The molecule has 1 aromatic rings. The van der Waals surface area contributed by atoms with Crippen molar-refractivity contribution in [2.45, 2.75) is 19.6 Å². The Morgan fingerprint density at radius 2 is 2.13 bits per heavy atom. The smallest absolute Gasteiger partial charge is 0.0715 e. The van der Waals surface area contributed by atoms with Crippen molar-refractivity contribution < 1.29 is 9.47 Å². The van der Waals surface area contributed by atoms with Crippen molar-refractivity contribution in [2.75, 3.05) is 26.1 Å². The first-order valence-corrected chi connectivity index (χ1v) is 5.10. The SMILES string of the molecule is COCc1cccc(NCC(C)OC)c1. The molecule has 0 aromatic heterocycles. The maximum Gasteiger partial charge on any atom is 0.0715 e. The summed E-state index contributed by atoms with van der Waals surface area (Å²) in [5, 5.41) is 3.31. The highest BCUT2D eigenvalue weighted by Gasteiger charge is 1.99. The molecule has 0 spiro atoms. The van der Waals surface area contributed by atoms with E-state index in [1.165, 1.54) is 5.56 Å². The highest BCUT2D eigenvalue weighted by Crippen LogP contribution is 2.11. The van der Waals surface area contributed by atoms with E-state index in [1.54, 1.807) is 14.2 Å².